The zero-order valence-electron chi connectivity index (χ0n) is 12.6. The first kappa shape index (κ1) is 16.1. The quantitative estimate of drug-likeness (QED) is 0.870. The first-order valence-electron chi connectivity index (χ1n) is 7.09. The minimum absolute atomic E-state index is 0.175. The molecule has 2 aromatic rings. The van der Waals surface area contributed by atoms with Gasteiger partial charge in [-0.3, -0.25) is 4.79 Å². The molecular formula is C17H19F2N2O+. The lowest BCUT2D eigenvalue weighted by Gasteiger charge is -2.21. The molecule has 22 heavy (non-hydrogen) atoms. The maximum Gasteiger partial charge on any atom is 0.282 e. The van der Waals surface area contributed by atoms with Crippen LogP contribution in [0, 0.1) is 11.6 Å². The SMILES string of the molecule is C[C@@H](C(=O)Nc1ccccc1F)[NH+](C)Cc1ccc(F)cc1. The van der Waals surface area contributed by atoms with Gasteiger partial charge < -0.3 is 10.2 Å². The van der Waals surface area contributed by atoms with Gasteiger partial charge in [0.1, 0.15) is 18.2 Å². The Bertz CT molecular complexity index is 643. The van der Waals surface area contributed by atoms with Gasteiger partial charge in [-0.1, -0.05) is 24.3 Å². The molecule has 0 spiro atoms. The number of benzene rings is 2. The minimum Gasteiger partial charge on any atom is -0.324 e. The number of hydrogen-bond acceptors (Lipinski definition) is 1. The van der Waals surface area contributed by atoms with E-state index in [0.717, 1.165) is 10.5 Å². The molecule has 116 valence electrons. The van der Waals surface area contributed by atoms with E-state index in [1.54, 1.807) is 31.2 Å². The molecular weight excluding hydrogens is 286 g/mol. The van der Waals surface area contributed by atoms with E-state index >= 15 is 0 Å². The van der Waals surface area contributed by atoms with Crippen molar-refractivity contribution in [3.05, 3.63) is 65.7 Å². The highest BCUT2D eigenvalue weighted by Gasteiger charge is 2.22. The normalized spacial score (nSPS) is 13.5. The molecule has 2 N–H and O–H groups in total. The summed E-state index contributed by atoms with van der Waals surface area (Å²) < 4.78 is 26.4. The van der Waals surface area contributed by atoms with Crippen LogP contribution in [0.4, 0.5) is 14.5 Å². The van der Waals surface area contributed by atoms with Gasteiger partial charge in [0, 0.05) is 5.56 Å². The van der Waals surface area contributed by atoms with Crippen LogP contribution in [0.2, 0.25) is 0 Å². The van der Waals surface area contributed by atoms with Crippen molar-refractivity contribution in [3.63, 3.8) is 0 Å². The second-order valence-corrected chi connectivity index (χ2v) is 5.34. The summed E-state index contributed by atoms with van der Waals surface area (Å²) in [5.41, 5.74) is 1.11. The zero-order valence-corrected chi connectivity index (χ0v) is 12.6. The lowest BCUT2D eigenvalue weighted by molar-refractivity contribution is -0.907. The Hall–Kier alpha value is -2.27. The summed E-state index contributed by atoms with van der Waals surface area (Å²) in [6.45, 7) is 2.35. The lowest BCUT2D eigenvalue weighted by Crippen LogP contribution is -3.12. The van der Waals surface area contributed by atoms with Gasteiger partial charge in [-0.15, -0.1) is 0 Å². The van der Waals surface area contributed by atoms with E-state index in [-0.39, 0.29) is 23.5 Å². The van der Waals surface area contributed by atoms with E-state index in [4.69, 9.17) is 0 Å². The average molecular weight is 305 g/mol. The molecule has 1 unspecified atom stereocenters. The van der Waals surface area contributed by atoms with Crippen LogP contribution in [0.25, 0.3) is 0 Å². The number of hydrogen-bond donors (Lipinski definition) is 2. The molecule has 2 atom stereocenters. The predicted molar refractivity (Wildman–Crippen MR) is 81.5 cm³/mol. The molecule has 0 aliphatic heterocycles. The van der Waals surface area contributed by atoms with E-state index in [2.05, 4.69) is 5.32 Å². The molecule has 5 heteroatoms. The third-order valence-corrected chi connectivity index (χ3v) is 3.66. The number of rotatable bonds is 5. The molecule has 2 aromatic carbocycles. The van der Waals surface area contributed by atoms with E-state index < -0.39 is 5.82 Å². The highest BCUT2D eigenvalue weighted by Crippen LogP contribution is 2.12. The van der Waals surface area contributed by atoms with E-state index in [1.165, 1.54) is 24.3 Å². The fourth-order valence-electron chi connectivity index (χ4n) is 2.10. The number of para-hydroxylation sites is 1. The van der Waals surface area contributed by atoms with Gasteiger partial charge in [-0.05, 0) is 31.2 Å². The highest BCUT2D eigenvalue weighted by molar-refractivity contribution is 5.93. The summed E-state index contributed by atoms with van der Waals surface area (Å²) in [5, 5.41) is 2.59. The molecule has 0 radical (unpaired) electrons. The Balaban J connectivity index is 1.97. The number of carbonyl (C=O) groups is 1. The Labute approximate surface area is 128 Å². The van der Waals surface area contributed by atoms with Crippen molar-refractivity contribution in [1.82, 2.24) is 0 Å². The smallest absolute Gasteiger partial charge is 0.282 e. The summed E-state index contributed by atoms with van der Waals surface area (Å²) >= 11 is 0. The fraction of sp³-hybridized carbons (Fsp3) is 0.235. The minimum atomic E-state index is -0.459. The van der Waals surface area contributed by atoms with Gasteiger partial charge >= 0.3 is 0 Å². The van der Waals surface area contributed by atoms with Crippen LogP contribution in [0.1, 0.15) is 12.5 Å². The summed E-state index contributed by atoms with van der Waals surface area (Å²) in [5.74, 6) is -1.00. The molecule has 3 nitrogen and oxygen atoms in total. The first-order chi connectivity index (χ1) is 10.5. The monoisotopic (exact) mass is 305 g/mol. The van der Waals surface area contributed by atoms with Crippen LogP contribution < -0.4 is 10.2 Å². The molecule has 0 heterocycles. The van der Waals surface area contributed by atoms with Crippen LogP contribution in [0.15, 0.2) is 48.5 Å². The van der Waals surface area contributed by atoms with Crippen LogP contribution in [0.3, 0.4) is 0 Å². The average Bonchev–Trinajstić information content (AvgIpc) is 2.51. The molecule has 0 aliphatic carbocycles. The van der Waals surface area contributed by atoms with Gasteiger partial charge in [0.05, 0.1) is 12.7 Å². The van der Waals surface area contributed by atoms with Crippen molar-refractivity contribution in [2.45, 2.75) is 19.5 Å². The van der Waals surface area contributed by atoms with Crippen molar-refractivity contribution in [2.75, 3.05) is 12.4 Å². The molecule has 1 amide bonds. The van der Waals surface area contributed by atoms with Crippen molar-refractivity contribution in [1.29, 1.82) is 0 Å². The second-order valence-electron chi connectivity index (χ2n) is 5.34. The van der Waals surface area contributed by atoms with Crippen molar-refractivity contribution in [3.8, 4) is 0 Å². The van der Waals surface area contributed by atoms with Crippen LogP contribution in [-0.2, 0) is 11.3 Å². The Kier molecular flexibility index (Phi) is 5.22. The van der Waals surface area contributed by atoms with Crippen LogP contribution in [0.5, 0.6) is 0 Å². The number of carbonyl (C=O) groups excluding carboxylic acids is 1. The molecule has 2 rings (SSSR count). The number of nitrogens with one attached hydrogen (secondary N) is 2. The van der Waals surface area contributed by atoms with Gasteiger partial charge in [0.25, 0.3) is 5.91 Å². The largest absolute Gasteiger partial charge is 0.324 e. The Morgan fingerprint density at radius 2 is 1.77 bits per heavy atom. The fourth-order valence-corrected chi connectivity index (χ4v) is 2.10. The molecule has 0 saturated heterocycles. The number of quaternary nitrogens is 1. The highest BCUT2D eigenvalue weighted by atomic mass is 19.1. The number of halogens is 2. The van der Waals surface area contributed by atoms with Gasteiger partial charge in [-0.2, -0.15) is 0 Å². The maximum absolute atomic E-state index is 13.5. The molecule has 0 bridgehead atoms. The molecule has 0 aliphatic rings. The standard InChI is InChI=1S/C17H18F2N2O/c1-12(17(22)20-16-6-4-3-5-15(16)19)21(2)11-13-7-9-14(18)10-8-13/h3-10,12H,11H2,1-2H3,(H,20,22)/p+1/t12-/m0/s1. The summed E-state index contributed by atoms with van der Waals surface area (Å²) in [7, 11) is 1.87. The molecule has 0 saturated carbocycles. The Morgan fingerprint density at radius 1 is 1.14 bits per heavy atom. The zero-order chi connectivity index (χ0) is 16.1. The van der Waals surface area contributed by atoms with E-state index in [0.29, 0.717) is 6.54 Å². The van der Waals surface area contributed by atoms with Gasteiger partial charge in [0.2, 0.25) is 0 Å². The third-order valence-electron chi connectivity index (χ3n) is 3.66. The Morgan fingerprint density at radius 3 is 2.41 bits per heavy atom. The lowest BCUT2D eigenvalue weighted by atomic mass is 10.2. The topological polar surface area (TPSA) is 33.5 Å². The summed E-state index contributed by atoms with van der Waals surface area (Å²) in [4.78, 5) is 13.1. The summed E-state index contributed by atoms with van der Waals surface area (Å²) in [6, 6.07) is 11.9. The number of anilines is 1. The van der Waals surface area contributed by atoms with E-state index in [9.17, 15) is 13.6 Å². The van der Waals surface area contributed by atoms with Gasteiger partial charge in [-0.25, -0.2) is 8.78 Å². The summed E-state index contributed by atoms with van der Waals surface area (Å²) in [6.07, 6.45) is 0. The van der Waals surface area contributed by atoms with Crippen LogP contribution in [-0.4, -0.2) is 19.0 Å². The van der Waals surface area contributed by atoms with Crippen molar-refractivity contribution >= 4 is 11.6 Å². The van der Waals surface area contributed by atoms with Gasteiger partial charge in [0.15, 0.2) is 6.04 Å². The molecule has 0 aromatic heterocycles. The number of amides is 1. The second kappa shape index (κ2) is 7.13. The van der Waals surface area contributed by atoms with Crippen LogP contribution >= 0.6 is 0 Å². The third kappa shape index (κ3) is 4.11. The van der Waals surface area contributed by atoms with E-state index in [1.807, 2.05) is 7.05 Å². The maximum atomic E-state index is 13.5. The van der Waals surface area contributed by atoms with Crippen molar-refractivity contribution in [2.24, 2.45) is 0 Å². The number of likely N-dealkylation sites (N-methyl/N-ethyl adjacent to an activating group) is 1. The predicted octanol–water partition coefficient (Wildman–Crippen LogP) is 2.01. The first-order valence-corrected chi connectivity index (χ1v) is 7.09. The van der Waals surface area contributed by atoms with Crippen molar-refractivity contribution < 1.29 is 18.5 Å². The molecule has 0 fully saturated rings.